The van der Waals surface area contributed by atoms with E-state index in [0.717, 1.165) is 0 Å². The Morgan fingerprint density at radius 3 is 2.60 bits per heavy atom. The standard InChI is InChI=1S/C11H12F3N5O/c1-19-16-6-8(18-19)10(17-15)7-4-2-3-5-9(7)20-11(12,13)14/h2-6,10,17H,15H2,1H3. The average Bonchev–Trinajstić information content (AvgIpc) is 2.77. The fourth-order valence-corrected chi connectivity index (χ4v) is 1.76. The van der Waals surface area contributed by atoms with Gasteiger partial charge in [-0.2, -0.15) is 15.0 Å². The highest BCUT2D eigenvalue weighted by molar-refractivity contribution is 5.39. The van der Waals surface area contributed by atoms with Crippen LogP contribution in [-0.4, -0.2) is 21.4 Å². The highest BCUT2D eigenvalue weighted by Crippen LogP contribution is 2.32. The molecule has 1 atom stereocenters. The van der Waals surface area contributed by atoms with E-state index in [1.807, 2.05) is 0 Å². The van der Waals surface area contributed by atoms with Crippen molar-refractivity contribution in [3.05, 3.63) is 41.7 Å². The van der Waals surface area contributed by atoms with Crippen LogP contribution in [0, 0.1) is 0 Å². The fourth-order valence-electron chi connectivity index (χ4n) is 1.76. The molecule has 1 heterocycles. The Kier molecular flexibility index (Phi) is 3.91. The maximum atomic E-state index is 12.4. The van der Waals surface area contributed by atoms with Crippen LogP contribution in [0.25, 0.3) is 0 Å². The first-order chi connectivity index (χ1) is 9.40. The lowest BCUT2D eigenvalue weighted by Gasteiger charge is -2.18. The highest BCUT2D eigenvalue weighted by atomic mass is 19.4. The van der Waals surface area contributed by atoms with Crippen LogP contribution >= 0.6 is 0 Å². The largest absolute Gasteiger partial charge is 0.573 e. The number of nitrogens with zero attached hydrogens (tertiary/aromatic N) is 3. The van der Waals surface area contributed by atoms with Crippen LogP contribution in [-0.2, 0) is 7.05 Å². The zero-order valence-corrected chi connectivity index (χ0v) is 10.4. The van der Waals surface area contributed by atoms with Gasteiger partial charge in [0.2, 0.25) is 0 Å². The number of hydrogen-bond acceptors (Lipinski definition) is 5. The second kappa shape index (κ2) is 5.47. The lowest BCUT2D eigenvalue weighted by atomic mass is 10.0. The van der Waals surface area contributed by atoms with Crippen LogP contribution in [0.4, 0.5) is 13.2 Å². The first-order valence-corrected chi connectivity index (χ1v) is 5.57. The lowest BCUT2D eigenvalue weighted by Crippen LogP contribution is -2.30. The van der Waals surface area contributed by atoms with Crippen molar-refractivity contribution in [1.82, 2.24) is 20.4 Å². The maximum absolute atomic E-state index is 12.4. The molecule has 0 aliphatic carbocycles. The number of para-hydroxylation sites is 1. The van der Waals surface area contributed by atoms with E-state index in [0.29, 0.717) is 5.69 Å². The van der Waals surface area contributed by atoms with E-state index < -0.39 is 12.4 Å². The Balaban J connectivity index is 2.39. The molecule has 0 saturated carbocycles. The number of benzene rings is 1. The zero-order valence-electron chi connectivity index (χ0n) is 10.4. The van der Waals surface area contributed by atoms with Crippen LogP contribution in [0.3, 0.4) is 0 Å². The summed E-state index contributed by atoms with van der Waals surface area (Å²) >= 11 is 0. The number of aromatic nitrogens is 3. The fraction of sp³-hybridized carbons (Fsp3) is 0.273. The third kappa shape index (κ3) is 3.25. The first-order valence-electron chi connectivity index (χ1n) is 5.57. The zero-order chi connectivity index (χ0) is 14.8. The molecular weight excluding hydrogens is 275 g/mol. The van der Waals surface area contributed by atoms with E-state index in [2.05, 4.69) is 20.4 Å². The first kappa shape index (κ1) is 14.3. The molecule has 9 heteroatoms. The quantitative estimate of drug-likeness (QED) is 0.654. The number of rotatable bonds is 4. The normalized spacial score (nSPS) is 13.2. The molecule has 1 aromatic heterocycles. The molecule has 0 spiro atoms. The smallest absolute Gasteiger partial charge is 0.405 e. The molecule has 6 nitrogen and oxygen atoms in total. The number of nitrogens with two attached hydrogens (primary N) is 1. The molecule has 2 rings (SSSR count). The lowest BCUT2D eigenvalue weighted by molar-refractivity contribution is -0.275. The summed E-state index contributed by atoms with van der Waals surface area (Å²) in [5.41, 5.74) is 3.01. The third-order valence-electron chi connectivity index (χ3n) is 2.54. The predicted octanol–water partition coefficient (Wildman–Crippen LogP) is 1.27. The van der Waals surface area contributed by atoms with Gasteiger partial charge in [-0.1, -0.05) is 18.2 Å². The van der Waals surface area contributed by atoms with E-state index in [-0.39, 0.29) is 11.3 Å². The number of nitrogens with one attached hydrogen (secondary N) is 1. The van der Waals surface area contributed by atoms with Gasteiger partial charge in [0.05, 0.1) is 12.2 Å². The molecule has 3 N–H and O–H groups in total. The minimum atomic E-state index is -4.78. The van der Waals surface area contributed by atoms with E-state index in [9.17, 15) is 13.2 Å². The Hall–Kier alpha value is -2.13. The highest BCUT2D eigenvalue weighted by Gasteiger charge is 2.33. The molecule has 1 unspecified atom stereocenters. The molecule has 2 aromatic rings. The molecule has 1 aromatic carbocycles. The van der Waals surface area contributed by atoms with Crippen molar-refractivity contribution in [2.24, 2.45) is 12.9 Å². The van der Waals surface area contributed by atoms with Gasteiger partial charge in [0, 0.05) is 12.6 Å². The summed E-state index contributed by atoms with van der Waals surface area (Å²) in [6.45, 7) is 0. The number of ether oxygens (including phenoxy) is 1. The summed E-state index contributed by atoms with van der Waals surface area (Å²) < 4.78 is 41.2. The molecule has 0 saturated heterocycles. The van der Waals surface area contributed by atoms with Gasteiger partial charge < -0.3 is 4.74 Å². The maximum Gasteiger partial charge on any atom is 0.573 e. The van der Waals surface area contributed by atoms with Crippen molar-refractivity contribution in [2.75, 3.05) is 0 Å². The van der Waals surface area contributed by atoms with Crippen LogP contribution in [0.2, 0.25) is 0 Å². The van der Waals surface area contributed by atoms with E-state index in [4.69, 9.17) is 5.84 Å². The number of hydrazine groups is 1. The number of hydrogen-bond donors (Lipinski definition) is 2. The number of alkyl halides is 3. The van der Waals surface area contributed by atoms with Crippen LogP contribution < -0.4 is 16.0 Å². The molecule has 0 radical (unpaired) electrons. The molecule has 108 valence electrons. The van der Waals surface area contributed by atoms with Crippen molar-refractivity contribution in [1.29, 1.82) is 0 Å². The molecule has 20 heavy (non-hydrogen) atoms. The van der Waals surface area contributed by atoms with Crippen molar-refractivity contribution in [2.45, 2.75) is 12.4 Å². The SMILES string of the molecule is Cn1ncc(C(NN)c2ccccc2OC(F)(F)F)n1. The Labute approximate surface area is 112 Å². The van der Waals surface area contributed by atoms with Gasteiger partial charge in [-0.3, -0.25) is 5.84 Å². The topological polar surface area (TPSA) is 78.0 Å². The summed E-state index contributed by atoms with van der Waals surface area (Å²) in [5, 5.41) is 7.88. The number of halogens is 3. The van der Waals surface area contributed by atoms with Crippen LogP contribution in [0.5, 0.6) is 5.75 Å². The van der Waals surface area contributed by atoms with E-state index in [1.165, 1.54) is 29.2 Å². The Morgan fingerprint density at radius 2 is 2.05 bits per heavy atom. The summed E-state index contributed by atoms with van der Waals surface area (Å²) in [4.78, 5) is 1.28. The van der Waals surface area contributed by atoms with Gasteiger partial charge in [0.25, 0.3) is 0 Å². The van der Waals surface area contributed by atoms with E-state index >= 15 is 0 Å². The van der Waals surface area contributed by atoms with Crippen molar-refractivity contribution in [3.63, 3.8) is 0 Å². The molecule has 0 aliphatic heterocycles. The predicted molar refractivity (Wildman–Crippen MR) is 63.3 cm³/mol. The minimum Gasteiger partial charge on any atom is -0.405 e. The van der Waals surface area contributed by atoms with Gasteiger partial charge in [0.15, 0.2) is 0 Å². The summed E-state index contributed by atoms with van der Waals surface area (Å²) in [6.07, 6.45) is -3.37. The van der Waals surface area contributed by atoms with Gasteiger partial charge in [0.1, 0.15) is 11.4 Å². The third-order valence-corrected chi connectivity index (χ3v) is 2.54. The van der Waals surface area contributed by atoms with Crippen molar-refractivity contribution < 1.29 is 17.9 Å². The molecule has 0 bridgehead atoms. The van der Waals surface area contributed by atoms with Gasteiger partial charge >= 0.3 is 6.36 Å². The number of aryl methyl sites for hydroxylation is 1. The monoisotopic (exact) mass is 287 g/mol. The molecule has 0 aliphatic rings. The summed E-state index contributed by atoms with van der Waals surface area (Å²) in [6, 6.07) is 4.94. The molecule has 0 fully saturated rings. The summed E-state index contributed by atoms with van der Waals surface area (Å²) in [5.74, 6) is 5.08. The van der Waals surface area contributed by atoms with Crippen LogP contribution in [0.1, 0.15) is 17.3 Å². The Morgan fingerprint density at radius 1 is 1.35 bits per heavy atom. The van der Waals surface area contributed by atoms with Gasteiger partial charge in [-0.25, -0.2) is 5.43 Å². The molecule has 0 amide bonds. The average molecular weight is 287 g/mol. The van der Waals surface area contributed by atoms with Crippen molar-refractivity contribution >= 4 is 0 Å². The van der Waals surface area contributed by atoms with Gasteiger partial charge in [-0.15, -0.1) is 13.2 Å². The second-order valence-electron chi connectivity index (χ2n) is 3.94. The second-order valence-corrected chi connectivity index (χ2v) is 3.94. The minimum absolute atomic E-state index is 0.216. The summed E-state index contributed by atoms with van der Waals surface area (Å²) in [7, 11) is 1.59. The van der Waals surface area contributed by atoms with Gasteiger partial charge in [-0.05, 0) is 6.07 Å². The van der Waals surface area contributed by atoms with E-state index in [1.54, 1.807) is 13.1 Å². The molecular formula is C11H12F3N5O. The van der Waals surface area contributed by atoms with Crippen LogP contribution in [0.15, 0.2) is 30.5 Å². The Bertz CT molecular complexity index is 583. The van der Waals surface area contributed by atoms with Crippen molar-refractivity contribution in [3.8, 4) is 5.75 Å².